The molecular formula is C19H21N2O3+. The van der Waals surface area contributed by atoms with Crippen LogP contribution in [0.2, 0.25) is 0 Å². The molecule has 5 heteroatoms. The number of esters is 1. The Morgan fingerprint density at radius 1 is 1.12 bits per heavy atom. The average molecular weight is 325 g/mol. The van der Waals surface area contributed by atoms with Crippen molar-refractivity contribution in [2.24, 2.45) is 0 Å². The number of rotatable bonds is 4. The van der Waals surface area contributed by atoms with E-state index in [1.165, 1.54) is 23.1 Å². The van der Waals surface area contributed by atoms with Gasteiger partial charge < -0.3 is 15.0 Å². The topological polar surface area (TPSA) is 59.8 Å². The lowest BCUT2D eigenvalue weighted by Gasteiger charge is -2.25. The number of fused-ring (bicyclic) bond motifs is 1. The molecule has 0 saturated heterocycles. The highest BCUT2D eigenvalue weighted by Gasteiger charge is 2.21. The van der Waals surface area contributed by atoms with Gasteiger partial charge in [-0.2, -0.15) is 0 Å². The fourth-order valence-corrected chi connectivity index (χ4v) is 3.07. The van der Waals surface area contributed by atoms with E-state index in [4.69, 9.17) is 4.74 Å². The number of carbonyl (C=O) groups excluding carboxylic acids is 2. The van der Waals surface area contributed by atoms with Crippen molar-refractivity contribution in [3.05, 3.63) is 65.2 Å². The predicted octanol–water partition coefficient (Wildman–Crippen LogP) is 1.05. The molecule has 24 heavy (non-hydrogen) atoms. The van der Waals surface area contributed by atoms with E-state index in [0.717, 1.165) is 19.5 Å². The molecule has 2 N–H and O–H groups in total. The number of hydrogen-bond acceptors (Lipinski definition) is 3. The minimum Gasteiger partial charge on any atom is -0.465 e. The second-order valence-corrected chi connectivity index (χ2v) is 5.99. The average Bonchev–Trinajstić information content (AvgIpc) is 2.61. The van der Waals surface area contributed by atoms with Crippen LogP contribution in [0, 0.1) is 0 Å². The molecule has 0 bridgehead atoms. The molecule has 1 aliphatic heterocycles. The van der Waals surface area contributed by atoms with E-state index in [2.05, 4.69) is 23.5 Å². The Labute approximate surface area is 141 Å². The smallest absolute Gasteiger partial charge is 0.337 e. The molecule has 0 fully saturated rings. The predicted molar refractivity (Wildman–Crippen MR) is 91.0 cm³/mol. The summed E-state index contributed by atoms with van der Waals surface area (Å²) in [6.07, 6.45) is 0.997. The van der Waals surface area contributed by atoms with Crippen molar-refractivity contribution in [1.29, 1.82) is 0 Å². The minimum absolute atomic E-state index is 0.0496. The summed E-state index contributed by atoms with van der Waals surface area (Å²) in [5, 5.41) is 2.86. The van der Waals surface area contributed by atoms with Gasteiger partial charge in [-0.15, -0.1) is 0 Å². The molecule has 1 aliphatic rings. The summed E-state index contributed by atoms with van der Waals surface area (Å²) in [4.78, 5) is 25.1. The number of nitrogens with one attached hydrogen (secondary N) is 2. The van der Waals surface area contributed by atoms with Crippen LogP contribution in [0.25, 0.3) is 0 Å². The minimum atomic E-state index is -0.413. The Morgan fingerprint density at radius 3 is 2.71 bits per heavy atom. The van der Waals surface area contributed by atoms with Crippen molar-refractivity contribution in [3.8, 4) is 0 Å². The molecule has 1 atom stereocenters. The van der Waals surface area contributed by atoms with Crippen LogP contribution in [0.15, 0.2) is 48.5 Å². The van der Waals surface area contributed by atoms with Gasteiger partial charge in [-0.25, -0.2) is 4.79 Å². The zero-order chi connectivity index (χ0) is 16.9. The Balaban J connectivity index is 1.60. The lowest BCUT2D eigenvalue weighted by molar-refractivity contribution is -0.907. The summed E-state index contributed by atoms with van der Waals surface area (Å²) in [5.74, 6) is -0.462. The molecule has 2 aromatic carbocycles. The van der Waals surface area contributed by atoms with Crippen molar-refractivity contribution >= 4 is 17.6 Å². The molecule has 2 aromatic rings. The number of carbonyl (C=O) groups is 2. The summed E-state index contributed by atoms with van der Waals surface area (Å²) in [7, 11) is 1.34. The van der Waals surface area contributed by atoms with Gasteiger partial charge in [0.25, 0.3) is 5.91 Å². The molecule has 0 saturated carbocycles. The van der Waals surface area contributed by atoms with Crippen LogP contribution >= 0.6 is 0 Å². The second-order valence-electron chi connectivity index (χ2n) is 5.99. The largest absolute Gasteiger partial charge is 0.465 e. The number of amides is 1. The highest BCUT2D eigenvalue weighted by atomic mass is 16.5. The number of quaternary nitrogens is 1. The Hall–Kier alpha value is -2.66. The van der Waals surface area contributed by atoms with Gasteiger partial charge in [0.05, 0.1) is 19.2 Å². The maximum atomic E-state index is 12.3. The molecule has 1 unspecified atom stereocenters. The SMILES string of the molecule is COC(=O)c1cccc(NC(=O)C[NH+]2CCc3ccccc3C2)c1. The van der Waals surface area contributed by atoms with Gasteiger partial charge >= 0.3 is 5.97 Å². The van der Waals surface area contributed by atoms with Crippen LogP contribution in [0.1, 0.15) is 21.5 Å². The first-order chi connectivity index (χ1) is 11.7. The third kappa shape index (κ3) is 3.81. The Bertz CT molecular complexity index is 758. The first-order valence-electron chi connectivity index (χ1n) is 8.04. The van der Waals surface area contributed by atoms with E-state index in [-0.39, 0.29) is 5.91 Å². The van der Waals surface area contributed by atoms with E-state index in [1.54, 1.807) is 24.3 Å². The fraction of sp³-hybridized carbons (Fsp3) is 0.263. The van der Waals surface area contributed by atoms with Gasteiger partial charge in [0.2, 0.25) is 0 Å². The van der Waals surface area contributed by atoms with Crippen LogP contribution in [0.4, 0.5) is 5.69 Å². The van der Waals surface area contributed by atoms with Crippen LogP contribution in [0.5, 0.6) is 0 Å². The summed E-state index contributed by atoms with van der Waals surface area (Å²) < 4.78 is 4.70. The lowest BCUT2D eigenvalue weighted by Crippen LogP contribution is -3.12. The lowest BCUT2D eigenvalue weighted by atomic mass is 10.00. The number of anilines is 1. The number of methoxy groups -OCH3 is 1. The normalized spacial score (nSPS) is 16.1. The second kappa shape index (κ2) is 7.27. The summed E-state index contributed by atoms with van der Waals surface area (Å²) in [6, 6.07) is 15.2. The molecular weight excluding hydrogens is 304 g/mol. The van der Waals surface area contributed by atoms with Crippen molar-refractivity contribution in [2.45, 2.75) is 13.0 Å². The molecule has 1 heterocycles. The van der Waals surface area contributed by atoms with Crippen LogP contribution in [-0.2, 0) is 22.5 Å². The first kappa shape index (κ1) is 16.2. The molecule has 3 rings (SSSR count). The third-order valence-electron chi connectivity index (χ3n) is 4.28. The zero-order valence-corrected chi connectivity index (χ0v) is 13.7. The van der Waals surface area contributed by atoms with Gasteiger partial charge in [-0.1, -0.05) is 30.3 Å². The van der Waals surface area contributed by atoms with Crippen LogP contribution in [-0.4, -0.2) is 32.1 Å². The number of ether oxygens (including phenoxy) is 1. The van der Waals surface area contributed by atoms with E-state index in [0.29, 0.717) is 17.8 Å². The standard InChI is InChI=1S/C19H20N2O3/c1-24-19(23)15-7-4-8-17(11-15)20-18(22)13-21-10-9-14-5-2-3-6-16(14)12-21/h2-8,11H,9-10,12-13H2,1H3,(H,20,22)/p+1. The zero-order valence-electron chi connectivity index (χ0n) is 13.7. The van der Waals surface area contributed by atoms with E-state index < -0.39 is 5.97 Å². The molecule has 1 amide bonds. The molecule has 0 spiro atoms. The maximum Gasteiger partial charge on any atom is 0.337 e. The van der Waals surface area contributed by atoms with Gasteiger partial charge in [0, 0.05) is 17.7 Å². The Kier molecular flexibility index (Phi) is 4.91. The fourth-order valence-electron chi connectivity index (χ4n) is 3.07. The van der Waals surface area contributed by atoms with Gasteiger partial charge in [-0.3, -0.25) is 4.79 Å². The van der Waals surface area contributed by atoms with Crippen molar-refractivity contribution in [3.63, 3.8) is 0 Å². The first-order valence-corrected chi connectivity index (χ1v) is 8.04. The highest BCUT2D eigenvalue weighted by Crippen LogP contribution is 2.12. The molecule has 5 nitrogen and oxygen atoms in total. The quantitative estimate of drug-likeness (QED) is 0.826. The monoisotopic (exact) mass is 325 g/mol. The molecule has 0 aliphatic carbocycles. The summed E-state index contributed by atoms with van der Waals surface area (Å²) >= 11 is 0. The highest BCUT2D eigenvalue weighted by molar-refractivity contribution is 5.94. The number of benzene rings is 2. The van der Waals surface area contributed by atoms with Gasteiger partial charge in [0.15, 0.2) is 6.54 Å². The van der Waals surface area contributed by atoms with E-state index in [1.807, 2.05) is 6.07 Å². The van der Waals surface area contributed by atoms with Crippen molar-refractivity contribution in [2.75, 3.05) is 25.5 Å². The van der Waals surface area contributed by atoms with Gasteiger partial charge in [0.1, 0.15) is 6.54 Å². The van der Waals surface area contributed by atoms with Crippen molar-refractivity contribution in [1.82, 2.24) is 0 Å². The van der Waals surface area contributed by atoms with Crippen LogP contribution < -0.4 is 10.2 Å². The van der Waals surface area contributed by atoms with E-state index >= 15 is 0 Å². The summed E-state index contributed by atoms with van der Waals surface area (Å²) in [6.45, 7) is 2.23. The summed E-state index contributed by atoms with van der Waals surface area (Å²) in [5.41, 5.74) is 3.74. The molecule has 0 aromatic heterocycles. The van der Waals surface area contributed by atoms with Gasteiger partial charge in [-0.05, 0) is 23.8 Å². The van der Waals surface area contributed by atoms with Crippen molar-refractivity contribution < 1.29 is 19.2 Å². The van der Waals surface area contributed by atoms with E-state index in [9.17, 15) is 9.59 Å². The van der Waals surface area contributed by atoms with Crippen LogP contribution in [0.3, 0.4) is 0 Å². The Morgan fingerprint density at radius 2 is 1.92 bits per heavy atom. The molecule has 0 radical (unpaired) electrons. The third-order valence-corrected chi connectivity index (χ3v) is 4.28. The number of hydrogen-bond donors (Lipinski definition) is 2. The maximum absolute atomic E-state index is 12.3. The molecule has 124 valence electrons.